The van der Waals surface area contributed by atoms with Crippen molar-refractivity contribution in [2.24, 2.45) is 5.92 Å². The van der Waals surface area contributed by atoms with Crippen LogP contribution in [0.1, 0.15) is 25.8 Å². The van der Waals surface area contributed by atoms with Crippen molar-refractivity contribution in [3.05, 3.63) is 36.0 Å². The molecule has 5 heteroatoms. The molecule has 5 nitrogen and oxygen atoms in total. The molecule has 1 aromatic heterocycles. The maximum Gasteiger partial charge on any atom is 0.244 e. The van der Waals surface area contributed by atoms with Gasteiger partial charge in [-0.2, -0.15) is 10.1 Å². The van der Waals surface area contributed by atoms with Crippen LogP contribution in [0.25, 0.3) is 0 Å². The number of aryl methyl sites for hydroxylation is 1. The van der Waals surface area contributed by atoms with E-state index in [4.69, 9.17) is 0 Å². The van der Waals surface area contributed by atoms with Gasteiger partial charge in [-0.15, -0.1) is 5.10 Å². The van der Waals surface area contributed by atoms with Crippen molar-refractivity contribution in [2.75, 3.05) is 23.3 Å². The zero-order chi connectivity index (χ0) is 14.7. The SMILES string of the molecule is CC(C)CNc1nncc(N2CCCc3ccccc32)n1. The molecule has 0 atom stereocenters. The smallest absolute Gasteiger partial charge is 0.244 e. The highest BCUT2D eigenvalue weighted by Crippen LogP contribution is 2.31. The molecule has 0 bridgehead atoms. The molecule has 3 rings (SSSR count). The number of rotatable bonds is 4. The monoisotopic (exact) mass is 283 g/mol. The topological polar surface area (TPSA) is 53.9 Å². The molecule has 1 aromatic carbocycles. The standard InChI is InChI=1S/C16H21N5/c1-12(2)10-17-16-19-15(11-18-20-16)21-9-5-7-13-6-3-4-8-14(13)21/h3-4,6,8,11-12H,5,7,9-10H2,1-2H3,(H,17,19,20). The van der Waals surface area contributed by atoms with Crippen molar-refractivity contribution in [1.82, 2.24) is 15.2 Å². The Kier molecular flexibility index (Phi) is 3.99. The van der Waals surface area contributed by atoms with E-state index in [2.05, 4.69) is 63.5 Å². The summed E-state index contributed by atoms with van der Waals surface area (Å²) in [6.45, 7) is 6.14. The molecule has 110 valence electrons. The minimum Gasteiger partial charge on any atom is -0.353 e. The first-order valence-corrected chi connectivity index (χ1v) is 7.53. The van der Waals surface area contributed by atoms with Crippen LogP contribution in [0.3, 0.4) is 0 Å². The third kappa shape index (κ3) is 3.12. The van der Waals surface area contributed by atoms with E-state index in [1.54, 1.807) is 6.20 Å². The molecule has 0 aliphatic carbocycles. The van der Waals surface area contributed by atoms with Gasteiger partial charge >= 0.3 is 0 Å². The Hall–Kier alpha value is -2.17. The van der Waals surface area contributed by atoms with Crippen LogP contribution in [0.15, 0.2) is 30.5 Å². The normalized spacial score (nSPS) is 14.1. The van der Waals surface area contributed by atoms with E-state index < -0.39 is 0 Å². The predicted octanol–water partition coefficient (Wildman–Crippen LogP) is 3.02. The van der Waals surface area contributed by atoms with Gasteiger partial charge in [0.15, 0.2) is 5.82 Å². The quantitative estimate of drug-likeness (QED) is 0.934. The Morgan fingerprint density at radius 3 is 3.00 bits per heavy atom. The summed E-state index contributed by atoms with van der Waals surface area (Å²) in [5.74, 6) is 2.01. The fourth-order valence-corrected chi connectivity index (χ4v) is 2.57. The fraction of sp³-hybridized carbons (Fsp3) is 0.438. The van der Waals surface area contributed by atoms with Gasteiger partial charge in [-0.1, -0.05) is 32.0 Å². The van der Waals surface area contributed by atoms with E-state index in [1.807, 2.05) is 0 Å². The summed E-state index contributed by atoms with van der Waals surface area (Å²) in [7, 11) is 0. The van der Waals surface area contributed by atoms with Crippen molar-refractivity contribution in [1.29, 1.82) is 0 Å². The summed E-state index contributed by atoms with van der Waals surface area (Å²) in [5, 5.41) is 11.4. The molecule has 2 heterocycles. The molecule has 0 saturated carbocycles. The number of hydrogen-bond acceptors (Lipinski definition) is 5. The van der Waals surface area contributed by atoms with Crippen LogP contribution in [-0.2, 0) is 6.42 Å². The van der Waals surface area contributed by atoms with E-state index >= 15 is 0 Å². The molecule has 0 fully saturated rings. The molecular weight excluding hydrogens is 262 g/mol. The lowest BCUT2D eigenvalue weighted by Crippen LogP contribution is -2.26. The highest BCUT2D eigenvalue weighted by atomic mass is 15.3. The first-order valence-electron chi connectivity index (χ1n) is 7.53. The van der Waals surface area contributed by atoms with Crippen LogP contribution in [-0.4, -0.2) is 28.3 Å². The molecule has 1 N–H and O–H groups in total. The van der Waals surface area contributed by atoms with Gasteiger partial charge in [-0.05, 0) is 30.4 Å². The van der Waals surface area contributed by atoms with Crippen LogP contribution in [0.2, 0.25) is 0 Å². The van der Waals surface area contributed by atoms with Crippen LogP contribution in [0.5, 0.6) is 0 Å². The molecule has 0 spiro atoms. The van der Waals surface area contributed by atoms with Gasteiger partial charge in [-0.3, -0.25) is 0 Å². The molecular formula is C16H21N5. The van der Waals surface area contributed by atoms with E-state index in [-0.39, 0.29) is 0 Å². The second-order valence-electron chi connectivity index (χ2n) is 5.80. The Bertz CT molecular complexity index is 611. The minimum absolute atomic E-state index is 0.549. The summed E-state index contributed by atoms with van der Waals surface area (Å²) in [4.78, 5) is 6.84. The number of benzene rings is 1. The van der Waals surface area contributed by atoms with E-state index in [0.29, 0.717) is 11.9 Å². The molecule has 0 radical (unpaired) electrons. The number of fused-ring (bicyclic) bond motifs is 1. The summed E-state index contributed by atoms with van der Waals surface area (Å²) < 4.78 is 0. The molecule has 1 aliphatic heterocycles. The Morgan fingerprint density at radius 1 is 1.29 bits per heavy atom. The Labute approximate surface area is 125 Å². The second-order valence-corrected chi connectivity index (χ2v) is 5.80. The lowest BCUT2D eigenvalue weighted by atomic mass is 10.0. The number of hydrogen-bond donors (Lipinski definition) is 1. The van der Waals surface area contributed by atoms with Crippen LogP contribution >= 0.6 is 0 Å². The van der Waals surface area contributed by atoms with Crippen LogP contribution in [0.4, 0.5) is 17.5 Å². The van der Waals surface area contributed by atoms with Crippen molar-refractivity contribution in [3.63, 3.8) is 0 Å². The third-order valence-corrected chi connectivity index (χ3v) is 3.60. The van der Waals surface area contributed by atoms with E-state index in [0.717, 1.165) is 31.7 Å². The highest BCUT2D eigenvalue weighted by Gasteiger charge is 2.19. The number of aromatic nitrogens is 3. The average molecular weight is 283 g/mol. The Morgan fingerprint density at radius 2 is 2.14 bits per heavy atom. The molecule has 1 aliphatic rings. The van der Waals surface area contributed by atoms with Gasteiger partial charge < -0.3 is 10.2 Å². The number of nitrogens with one attached hydrogen (secondary N) is 1. The number of anilines is 3. The summed E-state index contributed by atoms with van der Waals surface area (Å²) in [5.41, 5.74) is 2.61. The lowest BCUT2D eigenvalue weighted by molar-refractivity contribution is 0.681. The maximum absolute atomic E-state index is 4.61. The Balaban J connectivity index is 1.86. The van der Waals surface area contributed by atoms with Gasteiger partial charge in [0.2, 0.25) is 5.95 Å². The zero-order valence-corrected chi connectivity index (χ0v) is 12.6. The minimum atomic E-state index is 0.549. The van der Waals surface area contributed by atoms with Gasteiger partial charge in [-0.25, -0.2) is 0 Å². The van der Waals surface area contributed by atoms with Crippen molar-refractivity contribution >= 4 is 17.5 Å². The summed E-state index contributed by atoms with van der Waals surface area (Å²) >= 11 is 0. The second kappa shape index (κ2) is 6.08. The zero-order valence-electron chi connectivity index (χ0n) is 12.6. The summed E-state index contributed by atoms with van der Waals surface area (Å²) in [6, 6.07) is 8.51. The van der Waals surface area contributed by atoms with Gasteiger partial charge in [0.05, 0.1) is 6.20 Å². The van der Waals surface area contributed by atoms with Crippen molar-refractivity contribution < 1.29 is 0 Å². The molecule has 2 aromatic rings. The summed E-state index contributed by atoms with van der Waals surface area (Å²) in [6.07, 6.45) is 4.00. The van der Waals surface area contributed by atoms with Crippen molar-refractivity contribution in [3.8, 4) is 0 Å². The van der Waals surface area contributed by atoms with E-state index in [9.17, 15) is 0 Å². The largest absolute Gasteiger partial charge is 0.353 e. The fourth-order valence-electron chi connectivity index (χ4n) is 2.57. The first kappa shape index (κ1) is 13.8. The van der Waals surface area contributed by atoms with Gasteiger partial charge in [0.1, 0.15) is 0 Å². The predicted molar refractivity (Wildman–Crippen MR) is 84.9 cm³/mol. The number of nitrogens with zero attached hydrogens (tertiary/aromatic N) is 4. The lowest BCUT2D eigenvalue weighted by Gasteiger charge is -2.30. The average Bonchev–Trinajstić information content (AvgIpc) is 2.52. The van der Waals surface area contributed by atoms with Gasteiger partial charge in [0.25, 0.3) is 0 Å². The van der Waals surface area contributed by atoms with E-state index in [1.165, 1.54) is 11.3 Å². The molecule has 0 amide bonds. The van der Waals surface area contributed by atoms with Crippen LogP contribution < -0.4 is 10.2 Å². The maximum atomic E-state index is 4.61. The van der Waals surface area contributed by atoms with Gasteiger partial charge in [0, 0.05) is 18.8 Å². The number of para-hydroxylation sites is 1. The van der Waals surface area contributed by atoms with Crippen LogP contribution in [0, 0.1) is 5.92 Å². The molecule has 0 saturated heterocycles. The molecule has 0 unspecified atom stereocenters. The van der Waals surface area contributed by atoms with Crippen molar-refractivity contribution in [2.45, 2.75) is 26.7 Å². The first-order chi connectivity index (χ1) is 10.2. The molecule has 21 heavy (non-hydrogen) atoms. The highest BCUT2D eigenvalue weighted by molar-refractivity contribution is 5.65. The third-order valence-electron chi connectivity index (χ3n) is 3.60.